The van der Waals surface area contributed by atoms with Gasteiger partial charge in [0, 0.05) is 26.1 Å². The molecule has 0 saturated carbocycles. The van der Waals surface area contributed by atoms with Gasteiger partial charge in [0.05, 0.1) is 0 Å². The van der Waals surface area contributed by atoms with Crippen LogP contribution in [0.25, 0.3) is 36.9 Å². The van der Waals surface area contributed by atoms with Gasteiger partial charge in [-0.2, -0.15) is 0 Å². The van der Waals surface area contributed by atoms with E-state index < -0.39 is 0 Å². The van der Waals surface area contributed by atoms with Gasteiger partial charge in [0.1, 0.15) is 0 Å². The second-order valence-corrected chi connectivity index (χ2v) is 16.1. The molecule has 5 aliphatic rings. The third kappa shape index (κ3) is 4.33. The van der Waals surface area contributed by atoms with Crippen molar-refractivity contribution in [3.63, 3.8) is 0 Å². The van der Waals surface area contributed by atoms with E-state index in [-0.39, 0.29) is 5.41 Å². The Morgan fingerprint density at radius 3 is 2.40 bits per heavy atom. The van der Waals surface area contributed by atoms with Crippen LogP contribution in [0.15, 0.2) is 138 Å². The van der Waals surface area contributed by atoms with Crippen LogP contribution in [-0.4, -0.2) is 0 Å². The molecule has 2 unspecified atom stereocenters. The van der Waals surface area contributed by atoms with Gasteiger partial charge in [0.25, 0.3) is 0 Å². The number of aryl methyl sites for hydroxylation is 1. The molecule has 0 radical (unpaired) electrons. The molecule has 48 heavy (non-hydrogen) atoms. The molecule has 4 aromatic carbocycles. The maximum absolute atomic E-state index is 2.59. The first-order valence-corrected chi connectivity index (χ1v) is 18.7. The van der Waals surface area contributed by atoms with Gasteiger partial charge in [-0.3, -0.25) is 0 Å². The summed E-state index contributed by atoms with van der Waals surface area (Å²) in [6.45, 7) is 4.93. The average molecular weight is 637 g/mol. The standard InChI is InChI=1S/C47H40S/c1-47(2)43-15-5-3-11-37(43)42-27-35-24-22-31-21-23-34(26-40(31)41(35)28-44(42)47)33-10-7-9-32(25-33)29-17-19-30(20-18-29)36-13-8-14-39-38-12-4-6-16-45(38)48-46(36)39/h3-17,19,21,23,26-27,33,44H,18,20,22,24-25,28H2,1-2H3. The SMILES string of the molecule is CC1(C)c2ccccc2C2=CC3=C(CC21)c1cc(C2C=CC=C(C4=CC=C(c5cccc6c5sc5ccccc56)CC4)C2)ccc1CC3. The van der Waals surface area contributed by atoms with Crippen LogP contribution in [0.5, 0.6) is 0 Å². The number of thiophene rings is 1. The third-order valence-corrected chi connectivity index (χ3v) is 13.5. The van der Waals surface area contributed by atoms with E-state index in [4.69, 9.17) is 0 Å². The minimum Gasteiger partial charge on any atom is -0.135 e. The molecule has 0 fully saturated rings. The summed E-state index contributed by atoms with van der Waals surface area (Å²) in [6, 6.07) is 32.3. The molecule has 10 rings (SSSR count). The van der Waals surface area contributed by atoms with Gasteiger partial charge in [0.2, 0.25) is 0 Å². The molecule has 5 aromatic rings. The van der Waals surface area contributed by atoms with E-state index >= 15 is 0 Å². The Morgan fingerprint density at radius 2 is 1.48 bits per heavy atom. The third-order valence-electron chi connectivity index (χ3n) is 12.2. The Kier molecular flexibility index (Phi) is 6.41. The fourth-order valence-corrected chi connectivity index (χ4v) is 10.8. The molecule has 0 nitrogen and oxygen atoms in total. The van der Waals surface area contributed by atoms with Crippen LogP contribution in [0.2, 0.25) is 0 Å². The van der Waals surface area contributed by atoms with E-state index in [9.17, 15) is 0 Å². The summed E-state index contributed by atoms with van der Waals surface area (Å²) in [5, 5.41) is 2.77. The van der Waals surface area contributed by atoms with Crippen LogP contribution in [0.1, 0.15) is 85.3 Å². The molecule has 1 aromatic heterocycles. The molecule has 5 aliphatic carbocycles. The lowest BCUT2D eigenvalue weighted by atomic mass is 9.68. The summed E-state index contributed by atoms with van der Waals surface area (Å²) >= 11 is 1.94. The van der Waals surface area contributed by atoms with Crippen molar-refractivity contribution in [3.8, 4) is 0 Å². The number of benzene rings is 4. The van der Waals surface area contributed by atoms with E-state index in [1.165, 1.54) is 64.7 Å². The van der Waals surface area contributed by atoms with Gasteiger partial charge >= 0.3 is 0 Å². The van der Waals surface area contributed by atoms with Gasteiger partial charge in [-0.05, 0) is 123 Å². The summed E-state index contributed by atoms with van der Waals surface area (Å²) in [7, 11) is 0. The minimum atomic E-state index is 0.161. The van der Waals surface area contributed by atoms with E-state index in [1.54, 1.807) is 22.3 Å². The highest BCUT2D eigenvalue weighted by molar-refractivity contribution is 7.26. The van der Waals surface area contributed by atoms with Crippen molar-refractivity contribution in [2.45, 2.75) is 63.7 Å². The van der Waals surface area contributed by atoms with E-state index in [0.717, 1.165) is 38.5 Å². The van der Waals surface area contributed by atoms with Crippen molar-refractivity contribution >= 4 is 48.2 Å². The topological polar surface area (TPSA) is 0 Å². The first kappa shape index (κ1) is 28.5. The smallest absolute Gasteiger partial charge is 0.0430 e. The maximum Gasteiger partial charge on any atom is 0.0430 e. The van der Waals surface area contributed by atoms with Crippen molar-refractivity contribution < 1.29 is 0 Å². The van der Waals surface area contributed by atoms with Gasteiger partial charge in [-0.15, -0.1) is 11.3 Å². The normalized spacial score (nSPS) is 22.4. The molecule has 1 heterocycles. The van der Waals surface area contributed by atoms with Crippen LogP contribution in [0.3, 0.4) is 0 Å². The maximum atomic E-state index is 2.59. The zero-order valence-corrected chi connectivity index (χ0v) is 28.7. The largest absolute Gasteiger partial charge is 0.135 e. The van der Waals surface area contributed by atoms with Gasteiger partial charge in [0.15, 0.2) is 0 Å². The molecule has 0 bridgehead atoms. The Balaban J connectivity index is 0.931. The van der Waals surface area contributed by atoms with E-state index in [2.05, 4.69) is 135 Å². The van der Waals surface area contributed by atoms with Crippen molar-refractivity contribution in [1.29, 1.82) is 0 Å². The fourth-order valence-electron chi connectivity index (χ4n) is 9.59. The molecule has 0 N–H and O–H groups in total. The van der Waals surface area contributed by atoms with Crippen LogP contribution in [0.4, 0.5) is 0 Å². The summed E-state index contributed by atoms with van der Waals surface area (Å²) in [5.74, 6) is 0.969. The summed E-state index contributed by atoms with van der Waals surface area (Å²) in [6.07, 6.45) is 21.3. The minimum absolute atomic E-state index is 0.161. The predicted octanol–water partition coefficient (Wildman–Crippen LogP) is 12.9. The summed E-state index contributed by atoms with van der Waals surface area (Å²) in [4.78, 5) is 0. The van der Waals surface area contributed by atoms with Gasteiger partial charge < -0.3 is 0 Å². The summed E-state index contributed by atoms with van der Waals surface area (Å²) in [5.41, 5.74) is 18.4. The summed E-state index contributed by atoms with van der Waals surface area (Å²) < 4.78 is 2.81. The number of hydrogen-bond acceptors (Lipinski definition) is 1. The number of rotatable bonds is 3. The van der Waals surface area contributed by atoms with Crippen molar-refractivity contribution in [2.75, 3.05) is 0 Å². The Bertz CT molecular complexity index is 2370. The average Bonchev–Trinajstić information content (AvgIpc) is 3.63. The highest BCUT2D eigenvalue weighted by atomic mass is 32.1. The first-order chi connectivity index (χ1) is 23.5. The van der Waals surface area contributed by atoms with Crippen molar-refractivity contribution in [3.05, 3.63) is 171 Å². The van der Waals surface area contributed by atoms with Crippen LogP contribution < -0.4 is 0 Å². The van der Waals surface area contributed by atoms with Gasteiger partial charge in [-0.1, -0.05) is 129 Å². The Hall–Kier alpha value is -4.46. The lowest BCUT2D eigenvalue weighted by molar-refractivity contribution is 0.417. The molecule has 0 amide bonds. The molecule has 0 aliphatic heterocycles. The second kappa shape index (κ2) is 10.8. The molecular formula is C47H40S. The zero-order chi connectivity index (χ0) is 32.0. The lowest BCUT2D eigenvalue weighted by Gasteiger charge is -2.35. The molecule has 2 atom stereocenters. The van der Waals surface area contributed by atoms with E-state index in [0.29, 0.717) is 11.8 Å². The van der Waals surface area contributed by atoms with Crippen molar-refractivity contribution in [2.24, 2.45) is 5.92 Å². The van der Waals surface area contributed by atoms with Gasteiger partial charge in [-0.25, -0.2) is 0 Å². The van der Waals surface area contributed by atoms with Crippen LogP contribution in [-0.2, 0) is 11.8 Å². The van der Waals surface area contributed by atoms with Crippen LogP contribution >= 0.6 is 11.3 Å². The molecule has 0 spiro atoms. The molecule has 1 heteroatoms. The molecular weight excluding hydrogens is 597 g/mol. The van der Waals surface area contributed by atoms with E-state index in [1.807, 2.05) is 11.3 Å². The van der Waals surface area contributed by atoms with Crippen molar-refractivity contribution in [1.82, 2.24) is 0 Å². The number of allylic oxidation sites excluding steroid dienone is 12. The Morgan fingerprint density at radius 1 is 0.667 bits per heavy atom. The first-order valence-electron chi connectivity index (χ1n) is 17.9. The lowest BCUT2D eigenvalue weighted by Crippen LogP contribution is -2.26. The monoisotopic (exact) mass is 636 g/mol. The Labute approximate surface area is 288 Å². The molecule has 0 saturated heterocycles. The second-order valence-electron chi connectivity index (χ2n) is 15.1. The quantitative estimate of drug-likeness (QED) is 0.185. The molecule has 234 valence electrons. The van der Waals surface area contributed by atoms with Crippen LogP contribution in [0, 0.1) is 5.92 Å². The number of hydrogen-bond donors (Lipinski definition) is 0. The zero-order valence-electron chi connectivity index (χ0n) is 27.9. The highest BCUT2D eigenvalue weighted by Gasteiger charge is 2.45. The highest BCUT2D eigenvalue weighted by Crippen LogP contribution is 2.57. The number of fused-ring (bicyclic) bond motifs is 8. The predicted molar refractivity (Wildman–Crippen MR) is 206 cm³/mol. The fraction of sp³-hybridized carbons (Fsp3) is 0.234.